The highest BCUT2D eigenvalue weighted by molar-refractivity contribution is 7.12. The van der Waals surface area contributed by atoms with Gasteiger partial charge in [-0.25, -0.2) is 19.3 Å². The van der Waals surface area contributed by atoms with Gasteiger partial charge in [0.25, 0.3) is 0 Å². The van der Waals surface area contributed by atoms with E-state index in [0.29, 0.717) is 67.0 Å². The lowest BCUT2D eigenvalue weighted by molar-refractivity contribution is -0.143. The Balaban J connectivity index is 1.27. The molecule has 0 bridgehead atoms. The molecule has 2 saturated heterocycles. The number of nitrogens with zero attached hydrogens (tertiary/aromatic N) is 6. The minimum absolute atomic E-state index is 0.0317. The van der Waals surface area contributed by atoms with Crippen molar-refractivity contribution >= 4 is 28.9 Å². The van der Waals surface area contributed by atoms with Gasteiger partial charge in [-0.1, -0.05) is 0 Å². The van der Waals surface area contributed by atoms with Crippen molar-refractivity contribution in [3.8, 4) is 11.3 Å². The molecule has 2 aromatic heterocycles. The normalized spacial score (nSPS) is 18.0. The van der Waals surface area contributed by atoms with E-state index in [4.69, 9.17) is 4.74 Å². The summed E-state index contributed by atoms with van der Waals surface area (Å²) in [5.41, 5.74) is -0.639. The number of ketones is 1. The van der Waals surface area contributed by atoms with Gasteiger partial charge in [-0.05, 0) is 51.4 Å². The van der Waals surface area contributed by atoms with Gasteiger partial charge in [0.15, 0.2) is 5.78 Å². The number of ether oxygens (including phenoxy) is 1. The molecule has 2 aliphatic heterocycles. The molecule has 45 heavy (non-hydrogen) atoms. The summed E-state index contributed by atoms with van der Waals surface area (Å²) in [7, 11) is 0. The van der Waals surface area contributed by atoms with Crippen LogP contribution in [-0.4, -0.2) is 88.4 Å². The number of anilines is 1. The van der Waals surface area contributed by atoms with Gasteiger partial charge in [-0.15, -0.1) is 11.3 Å². The Morgan fingerprint density at radius 3 is 2.49 bits per heavy atom. The molecule has 3 aromatic rings. The molecule has 0 spiro atoms. The first-order chi connectivity index (χ1) is 21.5. The molecule has 0 N–H and O–H groups in total. The fourth-order valence-corrected chi connectivity index (χ4v) is 6.77. The summed E-state index contributed by atoms with van der Waals surface area (Å²) >= 11 is 1.25. The summed E-state index contributed by atoms with van der Waals surface area (Å²) in [5.74, 6) is -0.891. The number of aromatic nitrogens is 3. The fraction of sp³-hybridized carbons (Fsp3) is 0.516. The van der Waals surface area contributed by atoms with Crippen LogP contribution in [0.25, 0.3) is 11.3 Å². The molecule has 4 heterocycles. The number of carbonyl (C=O) groups is 2. The van der Waals surface area contributed by atoms with Crippen molar-refractivity contribution in [2.45, 2.75) is 58.3 Å². The molecule has 0 aliphatic carbocycles. The number of carbonyl (C=O) groups excluding carboxylic acids is 2. The predicted octanol–water partition coefficient (Wildman–Crippen LogP) is 5.24. The van der Waals surface area contributed by atoms with Gasteiger partial charge in [0, 0.05) is 55.8 Å². The number of rotatable bonds is 11. The molecule has 0 unspecified atom stereocenters. The zero-order chi connectivity index (χ0) is 32.1. The van der Waals surface area contributed by atoms with Crippen LogP contribution in [-0.2, 0) is 28.7 Å². The first-order valence-corrected chi connectivity index (χ1v) is 15.9. The summed E-state index contributed by atoms with van der Waals surface area (Å²) in [6.45, 7) is 9.06. The minimum atomic E-state index is -4.71. The molecular formula is C31H36F4N6O3S. The lowest BCUT2D eigenvalue weighted by Crippen LogP contribution is -2.47. The molecule has 1 aromatic carbocycles. The summed E-state index contributed by atoms with van der Waals surface area (Å²) in [4.78, 5) is 45.4. The van der Waals surface area contributed by atoms with Gasteiger partial charge in [0.1, 0.15) is 22.3 Å². The van der Waals surface area contributed by atoms with E-state index < -0.39 is 17.6 Å². The van der Waals surface area contributed by atoms with Gasteiger partial charge < -0.3 is 9.64 Å². The first-order valence-electron chi connectivity index (χ1n) is 15.1. The lowest BCUT2D eigenvalue weighted by atomic mass is 10.1. The number of piperazine rings is 1. The third-order valence-corrected chi connectivity index (χ3v) is 9.19. The zero-order valence-corrected chi connectivity index (χ0v) is 26.1. The highest BCUT2D eigenvalue weighted by Gasteiger charge is 2.32. The summed E-state index contributed by atoms with van der Waals surface area (Å²) < 4.78 is 59.8. The topological polar surface area (TPSA) is 91.8 Å². The highest BCUT2D eigenvalue weighted by Crippen LogP contribution is 2.37. The van der Waals surface area contributed by atoms with E-state index >= 15 is 0 Å². The third-order valence-electron chi connectivity index (χ3n) is 8.15. The van der Waals surface area contributed by atoms with Gasteiger partial charge >= 0.3 is 12.1 Å². The van der Waals surface area contributed by atoms with Crippen molar-refractivity contribution in [1.82, 2.24) is 24.8 Å². The van der Waals surface area contributed by atoms with Gasteiger partial charge in [-0.3, -0.25) is 19.4 Å². The van der Waals surface area contributed by atoms with E-state index in [1.165, 1.54) is 17.5 Å². The lowest BCUT2D eigenvalue weighted by Gasteiger charge is -2.35. The predicted molar refractivity (Wildman–Crippen MR) is 162 cm³/mol. The van der Waals surface area contributed by atoms with Crippen molar-refractivity contribution in [2.24, 2.45) is 0 Å². The van der Waals surface area contributed by atoms with Crippen LogP contribution >= 0.6 is 11.3 Å². The van der Waals surface area contributed by atoms with Crippen LogP contribution in [0, 0.1) is 5.82 Å². The maximum Gasteiger partial charge on any atom is 0.416 e. The summed E-state index contributed by atoms with van der Waals surface area (Å²) in [5, 5.41) is 0.416. The van der Waals surface area contributed by atoms with Crippen LogP contribution in [0.1, 0.15) is 59.0 Å². The van der Waals surface area contributed by atoms with E-state index in [-0.39, 0.29) is 35.1 Å². The van der Waals surface area contributed by atoms with Crippen LogP contribution < -0.4 is 4.90 Å². The molecule has 2 aliphatic rings. The number of Topliss-reactive ketones (excluding diaryl/α,β-unsaturated/α-hetero) is 1. The van der Waals surface area contributed by atoms with E-state index in [2.05, 4.69) is 36.6 Å². The Hall–Kier alpha value is -3.49. The maximum absolute atomic E-state index is 14.3. The van der Waals surface area contributed by atoms with Crippen molar-refractivity contribution in [3.05, 3.63) is 57.6 Å². The number of halogens is 4. The molecule has 5 rings (SSSR count). The van der Waals surface area contributed by atoms with Crippen LogP contribution in [0.2, 0.25) is 0 Å². The molecule has 0 amide bonds. The highest BCUT2D eigenvalue weighted by atomic mass is 32.1. The van der Waals surface area contributed by atoms with Gasteiger partial charge in [-0.2, -0.15) is 13.2 Å². The Labute approximate surface area is 263 Å². The zero-order valence-electron chi connectivity index (χ0n) is 25.3. The number of hydrogen-bond donors (Lipinski definition) is 0. The Morgan fingerprint density at radius 1 is 1.07 bits per heavy atom. The van der Waals surface area contributed by atoms with Crippen molar-refractivity contribution in [1.29, 1.82) is 0 Å². The second kappa shape index (κ2) is 14.3. The quantitative estimate of drug-likeness (QED) is 0.157. The standard InChI is InChI=1S/C31H36F4N6O3S/c1-3-44-29(43)6-8-39-9-11-40(12-10-39)27-18-36-24(17-37-27)25(42)16-28-38-30(26(45-28)19-41-7-4-5-20(41)2)21-13-22(31(33,34)35)15-23(32)14-21/h13-15,17-18,20H,3-12,16,19H2,1-2H3/t20-/m1/s1. The molecule has 14 heteroatoms. The molecule has 0 saturated carbocycles. The van der Waals surface area contributed by atoms with Crippen molar-refractivity contribution in [2.75, 3.05) is 50.8 Å². The first kappa shape index (κ1) is 32.9. The summed E-state index contributed by atoms with van der Waals surface area (Å²) in [6, 6.07) is 2.73. The molecule has 242 valence electrons. The Kier molecular flexibility index (Phi) is 10.4. The molecular weight excluding hydrogens is 612 g/mol. The number of hydrogen-bond acceptors (Lipinski definition) is 10. The monoisotopic (exact) mass is 648 g/mol. The fourth-order valence-electron chi connectivity index (χ4n) is 5.65. The average Bonchev–Trinajstić information content (AvgIpc) is 3.61. The van der Waals surface area contributed by atoms with E-state index in [0.717, 1.165) is 44.6 Å². The number of thiazole rings is 1. The SMILES string of the molecule is CCOC(=O)CCN1CCN(c2cnc(C(=O)Cc3nc(-c4cc(F)cc(C(F)(F)F)c4)c(CN4CCC[C@H]4C)s3)cn2)CC1. The Bertz CT molecular complexity index is 1490. The van der Waals surface area contributed by atoms with Gasteiger partial charge in [0.2, 0.25) is 0 Å². The second-order valence-corrected chi connectivity index (χ2v) is 12.5. The van der Waals surface area contributed by atoms with Crippen molar-refractivity contribution < 1.29 is 31.9 Å². The van der Waals surface area contributed by atoms with E-state index in [1.54, 1.807) is 13.1 Å². The van der Waals surface area contributed by atoms with E-state index in [1.807, 2.05) is 0 Å². The smallest absolute Gasteiger partial charge is 0.416 e. The second-order valence-electron chi connectivity index (χ2n) is 11.3. The summed E-state index contributed by atoms with van der Waals surface area (Å²) in [6.07, 6.45) is 0.533. The van der Waals surface area contributed by atoms with Gasteiger partial charge in [0.05, 0.1) is 43.1 Å². The molecule has 1 atom stereocenters. The number of esters is 1. The maximum atomic E-state index is 14.3. The van der Waals surface area contributed by atoms with Crippen LogP contribution in [0.4, 0.5) is 23.4 Å². The third kappa shape index (κ3) is 8.41. The molecule has 0 radical (unpaired) electrons. The Morgan fingerprint density at radius 2 is 1.84 bits per heavy atom. The largest absolute Gasteiger partial charge is 0.466 e. The van der Waals surface area contributed by atoms with Crippen LogP contribution in [0.3, 0.4) is 0 Å². The molecule has 9 nitrogen and oxygen atoms in total. The molecule has 2 fully saturated rings. The number of alkyl halides is 3. The average molecular weight is 649 g/mol. The van der Waals surface area contributed by atoms with E-state index in [9.17, 15) is 27.2 Å². The van der Waals surface area contributed by atoms with Crippen LogP contribution in [0.5, 0.6) is 0 Å². The number of benzene rings is 1. The van der Waals surface area contributed by atoms with Crippen molar-refractivity contribution in [3.63, 3.8) is 0 Å². The van der Waals surface area contributed by atoms with Crippen LogP contribution in [0.15, 0.2) is 30.6 Å². The minimum Gasteiger partial charge on any atom is -0.466 e. The number of likely N-dealkylation sites (tertiary alicyclic amines) is 1.